The lowest BCUT2D eigenvalue weighted by atomic mass is 9.91. The third-order valence-corrected chi connectivity index (χ3v) is 5.32. The fourth-order valence-corrected chi connectivity index (χ4v) is 3.69. The molecule has 0 aliphatic carbocycles. The van der Waals surface area contributed by atoms with Crippen LogP contribution in [0.5, 0.6) is 0 Å². The van der Waals surface area contributed by atoms with Crippen molar-refractivity contribution in [3.05, 3.63) is 35.6 Å². The van der Waals surface area contributed by atoms with Crippen LogP contribution in [0.4, 0.5) is 4.39 Å². The van der Waals surface area contributed by atoms with Crippen LogP contribution in [0.2, 0.25) is 0 Å². The van der Waals surface area contributed by atoms with Gasteiger partial charge in [0.2, 0.25) is 5.91 Å². The highest BCUT2D eigenvalue weighted by Crippen LogP contribution is 2.23. The molecule has 1 aliphatic rings. The quantitative estimate of drug-likeness (QED) is 0.741. The molecule has 1 saturated heterocycles. The first-order chi connectivity index (χ1) is 11.8. The second-order valence-electron chi connectivity index (χ2n) is 7.21. The Kier molecular flexibility index (Phi) is 6.71. The first kappa shape index (κ1) is 19.6. The van der Waals surface area contributed by atoms with Gasteiger partial charge in [0.15, 0.2) is 5.78 Å². The minimum absolute atomic E-state index is 0.0148. The summed E-state index contributed by atoms with van der Waals surface area (Å²) in [5, 5.41) is 0. The molecule has 0 spiro atoms. The number of hydrogen-bond acceptors (Lipinski definition) is 3. The molecule has 0 unspecified atom stereocenters. The van der Waals surface area contributed by atoms with Crippen LogP contribution < -0.4 is 0 Å². The number of halogens is 1. The lowest BCUT2D eigenvalue weighted by Crippen LogP contribution is -2.50. The Balaban J connectivity index is 1.95. The SMILES string of the molecule is CCN1CC[C@H](N(C)C(=O)C[C@@H](C)C(=O)c2cccc(F)c2)[C@H](C)C1. The number of piperidine rings is 1. The van der Waals surface area contributed by atoms with Crippen LogP contribution in [0.15, 0.2) is 24.3 Å². The number of benzene rings is 1. The standard InChI is InChI=1S/C20H29FN2O2/c1-5-23-10-9-18(15(3)13-23)22(4)19(24)11-14(2)20(25)16-7-6-8-17(21)12-16/h6-8,12,14-15,18H,5,9-11,13H2,1-4H3/t14-,15-,18+/m1/s1. The zero-order chi connectivity index (χ0) is 18.6. The lowest BCUT2D eigenvalue weighted by Gasteiger charge is -2.41. The summed E-state index contributed by atoms with van der Waals surface area (Å²) in [6.07, 6.45) is 1.12. The summed E-state index contributed by atoms with van der Waals surface area (Å²) in [6.45, 7) is 9.10. The molecule has 0 saturated carbocycles. The monoisotopic (exact) mass is 348 g/mol. The van der Waals surface area contributed by atoms with Crippen LogP contribution in [0, 0.1) is 17.7 Å². The highest BCUT2D eigenvalue weighted by Gasteiger charge is 2.31. The van der Waals surface area contributed by atoms with Crippen molar-refractivity contribution in [3.8, 4) is 0 Å². The third kappa shape index (κ3) is 4.88. The van der Waals surface area contributed by atoms with Gasteiger partial charge in [-0.05, 0) is 31.0 Å². The molecule has 0 aromatic heterocycles. The van der Waals surface area contributed by atoms with Crippen molar-refractivity contribution in [1.29, 1.82) is 0 Å². The number of ketones is 1. The minimum Gasteiger partial charge on any atom is -0.342 e. The zero-order valence-corrected chi connectivity index (χ0v) is 15.7. The van der Waals surface area contributed by atoms with Gasteiger partial charge in [-0.25, -0.2) is 4.39 Å². The van der Waals surface area contributed by atoms with E-state index < -0.39 is 11.7 Å². The largest absolute Gasteiger partial charge is 0.342 e. The molecule has 3 atom stereocenters. The Morgan fingerprint density at radius 3 is 2.72 bits per heavy atom. The second kappa shape index (κ2) is 8.56. The molecule has 0 radical (unpaired) electrons. The Morgan fingerprint density at radius 1 is 1.40 bits per heavy atom. The lowest BCUT2D eigenvalue weighted by molar-refractivity contribution is -0.134. The predicted molar refractivity (Wildman–Crippen MR) is 97.0 cm³/mol. The zero-order valence-electron chi connectivity index (χ0n) is 15.7. The average molecular weight is 348 g/mol. The summed E-state index contributed by atoms with van der Waals surface area (Å²) >= 11 is 0. The summed E-state index contributed by atoms with van der Waals surface area (Å²) in [4.78, 5) is 29.3. The van der Waals surface area contributed by atoms with Crippen molar-refractivity contribution in [2.45, 2.75) is 39.7 Å². The maximum Gasteiger partial charge on any atom is 0.223 e. The van der Waals surface area contributed by atoms with Crippen LogP contribution in [-0.2, 0) is 4.79 Å². The molecule has 138 valence electrons. The van der Waals surface area contributed by atoms with E-state index in [4.69, 9.17) is 0 Å². The van der Waals surface area contributed by atoms with Crippen molar-refractivity contribution in [1.82, 2.24) is 9.80 Å². The van der Waals surface area contributed by atoms with Crippen LogP contribution in [0.25, 0.3) is 0 Å². The summed E-state index contributed by atoms with van der Waals surface area (Å²) in [5.41, 5.74) is 0.326. The molecule has 2 rings (SSSR count). The van der Waals surface area contributed by atoms with Crippen molar-refractivity contribution >= 4 is 11.7 Å². The minimum atomic E-state index is -0.456. The summed E-state index contributed by atoms with van der Waals surface area (Å²) in [6, 6.07) is 5.87. The van der Waals surface area contributed by atoms with Gasteiger partial charge in [0.05, 0.1) is 0 Å². The smallest absolute Gasteiger partial charge is 0.223 e. The number of Topliss-reactive ketones (excluding diaryl/α,β-unsaturated/α-hetero) is 1. The fraction of sp³-hybridized carbons (Fsp3) is 0.600. The van der Waals surface area contributed by atoms with Crippen LogP contribution >= 0.6 is 0 Å². The van der Waals surface area contributed by atoms with Gasteiger partial charge in [0.1, 0.15) is 5.82 Å². The van der Waals surface area contributed by atoms with E-state index in [0.717, 1.165) is 26.1 Å². The van der Waals surface area contributed by atoms with E-state index in [2.05, 4.69) is 18.7 Å². The number of likely N-dealkylation sites (tertiary alicyclic amines) is 1. The molecule has 0 bridgehead atoms. The van der Waals surface area contributed by atoms with Crippen LogP contribution in [-0.4, -0.2) is 54.2 Å². The molecule has 1 fully saturated rings. The number of carbonyl (C=O) groups excluding carboxylic acids is 2. The maximum atomic E-state index is 13.3. The van der Waals surface area contributed by atoms with E-state index in [0.29, 0.717) is 11.5 Å². The molecule has 4 nitrogen and oxygen atoms in total. The molecule has 1 aromatic rings. The fourth-order valence-electron chi connectivity index (χ4n) is 3.69. The predicted octanol–water partition coefficient (Wildman–Crippen LogP) is 3.22. The summed E-state index contributed by atoms with van der Waals surface area (Å²) < 4.78 is 13.3. The maximum absolute atomic E-state index is 13.3. The summed E-state index contributed by atoms with van der Waals surface area (Å²) in [7, 11) is 1.84. The summed E-state index contributed by atoms with van der Waals surface area (Å²) in [5.74, 6) is -0.674. The van der Waals surface area contributed by atoms with Gasteiger partial charge >= 0.3 is 0 Å². The molecule has 25 heavy (non-hydrogen) atoms. The number of carbonyl (C=O) groups is 2. The van der Waals surface area contributed by atoms with E-state index in [1.165, 1.54) is 18.2 Å². The second-order valence-corrected chi connectivity index (χ2v) is 7.21. The average Bonchev–Trinajstić information content (AvgIpc) is 2.60. The number of amides is 1. The van der Waals surface area contributed by atoms with Crippen molar-refractivity contribution in [2.75, 3.05) is 26.7 Å². The Bertz CT molecular complexity index is 619. The van der Waals surface area contributed by atoms with Crippen LogP contribution in [0.3, 0.4) is 0 Å². The van der Waals surface area contributed by atoms with Crippen molar-refractivity contribution < 1.29 is 14.0 Å². The van der Waals surface area contributed by atoms with Gasteiger partial charge < -0.3 is 9.80 Å². The van der Waals surface area contributed by atoms with E-state index in [1.807, 2.05) is 11.9 Å². The molecule has 1 aromatic carbocycles. The number of rotatable bonds is 6. The van der Waals surface area contributed by atoms with E-state index >= 15 is 0 Å². The van der Waals surface area contributed by atoms with Gasteiger partial charge in [0, 0.05) is 44.1 Å². The van der Waals surface area contributed by atoms with Gasteiger partial charge in [-0.1, -0.05) is 32.9 Å². The first-order valence-corrected chi connectivity index (χ1v) is 9.11. The topological polar surface area (TPSA) is 40.6 Å². The van der Waals surface area contributed by atoms with Gasteiger partial charge in [-0.2, -0.15) is 0 Å². The first-order valence-electron chi connectivity index (χ1n) is 9.11. The van der Waals surface area contributed by atoms with Gasteiger partial charge in [-0.3, -0.25) is 9.59 Å². The Hall–Kier alpha value is -1.75. The van der Waals surface area contributed by atoms with Gasteiger partial charge in [-0.15, -0.1) is 0 Å². The normalized spacial score (nSPS) is 22.4. The van der Waals surface area contributed by atoms with E-state index in [9.17, 15) is 14.0 Å². The van der Waals surface area contributed by atoms with E-state index in [-0.39, 0.29) is 24.2 Å². The Labute approximate surface area is 150 Å². The van der Waals surface area contributed by atoms with Crippen LogP contribution in [0.1, 0.15) is 44.0 Å². The molecule has 5 heteroatoms. The molecule has 1 aliphatic heterocycles. The molecular weight excluding hydrogens is 319 g/mol. The highest BCUT2D eigenvalue weighted by atomic mass is 19.1. The molecular formula is C20H29FN2O2. The third-order valence-electron chi connectivity index (χ3n) is 5.32. The molecule has 0 N–H and O–H groups in total. The molecule has 1 heterocycles. The number of hydrogen-bond donors (Lipinski definition) is 0. The van der Waals surface area contributed by atoms with Crippen molar-refractivity contribution in [3.63, 3.8) is 0 Å². The number of nitrogens with zero attached hydrogens (tertiary/aromatic N) is 2. The Morgan fingerprint density at radius 2 is 2.12 bits per heavy atom. The van der Waals surface area contributed by atoms with E-state index in [1.54, 1.807) is 13.0 Å². The van der Waals surface area contributed by atoms with Crippen molar-refractivity contribution in [2.24, 2.45) is 11.8 Å². The highest BCUT2D eigenvalue weighted by molar-refractivity contribution is 5.99. The molecule has 1 amide bonds. The van der Waals surface area contributed by atoms with Gasteiger partial charge in [0.25, 0.3) is 0 Å².